The van der Waals surface area contributed by atoms with Gasteiger partial charge in [-0.3, -0.25) is 0 Å². The molecule has 0 saturated carbocycles. The second-order valence-corrected chi connectivity index (χ2v) is 6.12. The van der Waals surface area contributed by atoms with Crippen LogP contribution in [0.15, 0.2) is 40.9 Å². The standard InChI is InChI=1S/C17H14BrClO5/c1-2-10-3-5-15(13(18)7-10)23-9-16(20)24-14-6-4-11(19)8-12(14)17(21)22/h3-8H,2,9H2,1H3,(H,21,22). The van der Waals surface area contributed by atoms with E-state index in [-0.39, 0.29) is 22.9 Å². The number of ether oxygens (including phenoxy) is 2. The van der Waals surface area contributed by atoms with Gasteiger partial charge < -0.3 is 14.6 Å². The maximum absolute atomic E-state index is 11.9. The lowest BCUT2D eigenvalue weighted by Gasteiger charge is -2.10. The number of carboxylic acids is 1. The van der Waals surface area contributed by atoms with Gasteiger partial charge in [0.1, 0.15) is 17.1 Å². The van der Waals surface area contributed by atoms with Crippen LogP contribution in [0, 0.1) is 0 Å². The monoisotopic (exact) mass is 412 g/mol. The minimum absolute atomic E-state index is 0.0825. The lowest BCUT2D eigenvalue weighted by atomic mass is 10.2. The molecule has 0 unspecified atom stereocenters. The highest BCUT2D eigenvalue weighted by Crippen LogP contribution is 2.27. The summed E-state index contributed by atoms with van der Waals surface area (Å²) in [6, 6.07) is 9.54. The minimum Gasteiger partial charge on any atom is -0.481 e. The highest BCUT2D eigenvalue weighted by Gasteiger charge is 2.16. The first-order chi connectivity index (χ1) is 11.4. The molecule has 0 bridgehead atoms. The van der Waals surface area contributed by atoms with E-state index in [1.54, 1.807) is 6.07 Å². The molecule has 0 atom stereocenters. The molecule has 7 heteroatoms. The number of benzene rings is 2. The lowest BCUT2D eigenvalue weighted by molar-refractivity contribution is -0.136. The Hall–Kier alpha value is -2.05. The van der Waals surface area contributed by atoms with Crippen LogP contribution in [0.25, 0.3) is 0 Å². The fourth-order valence-corrected chi connectivity index (χ4v) is 2.64. The Morgan fingerprint density at radius 2 is 1.88 bits per heavy atom. The average Bonchev–Trinajstić information content (AvgIpc) is 2.55. The van der Waals surface area contributed by atoms with Gasteiger partial charge in [-0.25, -0.2) is 9.59 Å². The Kier molecular flexibility index (Phi) is 6.23. The van der Waals surface area contributed by atoms with Crippen LogP contribution in [-0.2, 0) is 11.2 Å². The molecule has 0 spiro atoms. The average molecular weight is 414 g/mol. The fraction of sp³-hybridized carbons (Fsp3) is 0.176. The predicted molar refractivity (Wildman–Crippen MR) is 93.1 cm³/mol. The molecule has 0 saturated heterocycles. The van der Waals surface area contributed by atoms with E-state index in [0.717, 1.165) is 16.5 Å². The van der Waals surface area contributed by atoms with Gasteiger partial charge in [0.2, 0.25) is 0 Å². The Morgan fingerprint density at radius 1 is 1.17 bits per heavy atom. The summed E-state index contributed by atoms with van der Waals surface area (Å²) in [4.78, 5) is 23.0. The quantitative estimate of drug-likeness (QED) is 0.563. The number of esters is 1. The van der Waals surface area contributed by atoms with Crippen molar-refractivity contribution in [2.24, 2.45) is 0 Å². The molecule has 0 aliphatic rings. The molecule has 24 heavy (non-hydrogen) atoms. The van der Waals surface area contributed by atoms with Crippen molar-refractivity contribution in [3.63, 3.8) is 0 Å². The van der Waals surface area contributed by atoms with Crippen LogP contribution in [0.1, 0.15) is 22.8 Å². The molecule has 0 aromatic heterocycles. The first kappa shape index (κ1) is 18.3. The van der Waals surface area contributed by atoms with Gasteiger partial charge >= 0.3 is 11.9 Å². The molecule has 0 aliphatic carbocycles. The number of hydrogen-bond acceptors (Lipinski definition) is 4. The van der Waals surface area contributed by atoms with Crippen molar-refractivity contribution < 1.29 is 24.2 Å². The number of carbonyl (C=O) groups excluding carboxylic acids is 1. The zero-order valence-electron chi connectivity index (χ0n) is 12.7. The topological polar surface area (TPSA) is 72.8 Å². The predicted octanol–water partition coefficient (Wildman–Crippen LogP) is 4.35. The van der Waals surface area contributed by atoms with E-state index in [9.17, 15) is 9.59 Å². The molecule has 1 N–H and O–H groups in total. The summed E-state index contributed by atoms with van der Waals surface area (Å²) in [6.07, 6.45) is 0.884. The van der Waals surface area contributed by atoms with Crippen molar-refractivity contribution in [1.82, 2.24) is 0 Å². The van der Waals surface area contributed by atoms with Gasteiger partial charge in [-0.1, -0.05) is 24.6 Å². The number of carboxylic acid groups (broad SMARTS) is 1. The number of rotatable bonds is 6. The van der Waals surface area contributed by atoms with Crippen LogP contribution >= 0.6 is 27.5 Å². The SMILES string of the molecule is CCc1ccc(OCC(=O)Oc2ccc(Cl)cc2C(=O)O)c(Br)c1. The van der Waals surface area contributed by atoms with Gasteiger partial charge in [-0.15, -0.1) is 0 Å². The normalized spacial score (nSPS) is 10.3. The highest BCUT2D eigenvalue weighted by atomic mass is 79.9. The van der Waals surface area contributed by atoms with Crippen LogP contribution in [0.5, 0.6) is 11.5 Å². The van der Waals surface area contributed by atoms with Crippen molar-refractivity contribution in [3.8, 4) is 11.5 Å². The Morgan fingerprint density at radius 3 is 2.50 bits per heavy atom. The Labute approximate surface area is 152 Å². The smallest absolute Gasteiger partial charge is 0.349 e. The van der Waals surface area contributed by atoms with Crippen molar-refractivity contribution >= 4 is 39.5 Å². The highest BCUT2D eigenvalue weighted by molar-refractivity contribution is 9.10. The molecule has 0 heterocycles. The molecular formula is C17H14BrClO5. The lowest BCUT2D eigenvalue weighted by Crippen LogP contribution is -2.19. The summed E-state index contributed by atoms with van der Waals surface area (Å²) in [5.41, 5.74) is 0.938. The van der Waals surface area contributed by atoms with E-state index in [1.165, 1.54) is 18.2 Å². The fourth-order valence-electron chi connectivity index (χ4n) is 1.93. The third-order valence-electron chi connectivity index (χ3n) is 3.15. The van der Waals surface area contributed by atoms with Crippen LogP contribution in [0.2, 0.25) is 5.02 Å². The summed E-state index contributed by atoms with van der Waals surface area (Å²) in [5, 5.41) is 9.35. The summed E-state index contributed by atoms with van der Waals surface area (Å²) < 4.78 is 11.2. The molecule has 0 amide bonds. The molecule has 0 aliphatic heterocycles. The molecule has 2 aromatic rings. The second kappa shape index (κ2) is 8.17. The van der Waals surface area contributed by atoms with E-state index in [2.05, 4.69) is 15.9 Å². The summed E-state index contributed by atoms with van der Waals surface area (Å²) >= 11 is 9.12. The third kappa shape index (κ3) is 4.72. The van der Waals surface area contributed by atoms with Crippen molar-refractivity contribution in [1.29, 1.82) is 0 Å². The van der Waals surface area contributed by atoms with Crippen molar-refractivity contribution in [3.05, 3.63) is 57.0 Å². The van der Waals surface area contributed by atoms with E-state index in [4.69, 9.17) is 26.2 Å². The molecule has 2 rings (SSSR count). The van der Waals surface area contributed by atoms with Crippen LogP contribution < -0.4 is 9.47 Å². The number of aryl methyl sites for hydroxylation is 1. The van der Waals surface area contributed by atoms with Crippen LogP contribution in [0.3, 0.4) is 0 Å². The first-order valence-corrected chi connectivity index (χ1v) is 8.22. The second-order valence-electron chi connectivity index (χ2n) is 4.83. The van der Waals surface area contributed by atoms with E-state index < -0.39 is 11.9 Å². The maximum Gasteiger partial charge on any atom is 0.349 e. The largest absolute Gasteiger partial charge is 0.481 e. The molecular weight excluding hydrogens is 400 g/mol. The molecule has 5 nitrogen and oxygen atoms in total. The molecule has 126 valence electrons. The van der Waals surface area contributed by atoms with E-state index >= 15 is 0 Å². The molecule has 0 radical (unpaired) electrons. The third-order valence-corrected chi connectivity index (χ3v) is 4.00. The maximum atomic E-state index is 11.9. The van der Waals surface area contributed by atoms with Gasteiger partial charge in [0.05, 0.1) is 4.47 Å². The number of carbonyl (C=O) groups is 2. The van der Waals surface area contributed by atoms with Crippen molar-refractivity contribution in [2.45, 2.75) is 13.3 Å². The zero-order valence-corrected chi connectivity index (χ0v) is 15.1. The van der Waals surface area contributed by atoms with Gasteiger partial charge in [-0.2, -0.15) is 0 Å². The minimum atomic E-state index is -1.24. The van der Waals surface area contributed by atoms with Gasteiger partial charge in [-0.05, 0) is 58.2 Å². The Bertz CT molecular complexity index is 776. The van der Waals surface area contributed by atoms with Gasteiger partial charge in [0, 0.05) is 5.02 Å². The van der Waals surface area contributed by atoms with Crippen LogP contribution in [-0.4, -0.2) is 23.7 Å². The van der Waals surface area contributed by atoms with Gasteiger partial charge in [0.15, 0.2) is 6.61 Å². The van der Waals surface area contributed by atoms with Crippen LogP contribution in [0.4, 0.5) is 0 Å². The summed E-state index contributed by atoms with van der Waals surface area (Å²) in [7, 11) is 0. The number of aromatic carboxylic acids is 1. The van der Waals surface area contributed by atoms with Gasteiger partial charge in [0.25, 0.3) is 0 Å². The van der Waals surface area contributed by atoms with E-state index in [0.29, 0.717) is 5.75 Å². The zero-order chi connectivity index (χ0) is 17.7. The number of halogens is 2. The molecule has 0 fully saturated rings. The molecule has 2 aromatic carbocycles. The number of hydrogen-bond donors (Lipinski definition) is 1. The van der Waals surface area contributed by atoms with E-state index in [1.807, 2.05) is 19.1 Å². The summed E-state index contributed by atoms with van der Waals surface area (Å²) in [6.45, 7) is 1.68. The summed E-state index contributed by atoms with van der Waals surface area (Å²) in [5.74, 6) is -1.54. The van der Waals surface area contributed by atoms with Crippen molar-refractivity contribution in [2.75, 3.05) is 6.61 Å². The Balaban J connectivity index is 2.03. The first-order valence-electron chi connectivity index (χ1n) is 7.05.